The first-order chi connectivity index (χ1) is 13.1. The molecule has 7 heteroatoms. The Bertz CT molecular complexity index is 1170. The number of pyridine rings is 1. The second-order valence-electron chi connectivity index (χ2n) is 7.37. The number of carbonyl (C=O) groups excluding carboxylic acids is 1. The number of amides is 1. The van der Waals surface area contributed by atoms with Crippen molar-refractivity contribution in [2.24, 2.45) is 5.92 Å². The first kappa shape index (κ1) is 16.0. The van der Waals surface area contributed by atoms with Gasteiger partial charge < -0.3 is 4.57 Å². The second-order valence-corrected chi connectivity index (χ2v) is 7.37. The highest BCUT2D eigenvalue weighted by Gasteiger charge is 2.29. The van der Waals surface area contributed by atoms with E-state index in [4.69, 9.17) is 0 Å². The molecule has 4 aromatic rings. The minimum atomic E-state index is -0.0740. The largest absolute Gasteiger partial charge is 0.308 e. The summed E-state index contributed by atoms with van der Waals surface area (Å²) in [6.07, 6.45) is 3.43. The maximum Gasteiger partial charge on any atom is 0.262 e. The van der Waals surface area contributed by atoms with E-state index < -0.39 is 0 Å². The average Bonchev–Trinajstić information content (AvgIpc) is 3.34. The highest BCUT2D eigenvalue weighted by atomic mass is 16.2. The van der Waals surface area contributed by atoms with Gasteiger partial charge in [0.2, 0.25) is 5.95 Å². The van der Waals surface area contributed by atoms with Gasteiger partial charge in [-0.3, -0.25) is 9.69 Å². The molecular weight excluding hydrogens is 340 g/mol. The van der Waals surface area contributed by atoms with Crippen LogP contribution in [-0.4, -0.2) is 36.8 Å². The molecule has 3 aromatic heterocycles. The summed E-state index contributed by atoms with van der Waals surface area (Å²) < 4.78 is 3.99. The summed E-state index contributed by atoms with van der Waals surface area (Å²) in [6, 6.07) is 9.84. The smallest absolute Gasteiger partial charge is 0.262 e. The number of para-hydroxylation sites is 2. The Morgan fingerprint density at radius 3 is 2.89 bits per heavy atom. The first-order valence-electron chi connectivity index (χ1n) is 9.20. The summed E-state index contributed by atoms with van der Waals surface area (Å²) in [6.45, 7) is 6.47. The molecule has 0 bridgehead atoms. The van der Waals surface area contributed by atoms with E-state index in [1.54, 1.807) is 17.3 Å². The fourth-order valence-corrected chi connectivity index (χ4v) is 3.71. The van der Waals surface area contributed by atoms with E-state index in [1.807, 2.05) is 35.0 Å². The number of aromatic nitrogens is 5. The van der Waals surface area contributed by atoms with Crippen molar-refractivity contribution in [2.75, 3.05) is 11.4 Å². The lowest BCUT2D eigenvalue weighted by atomic mass is 10.2. The van der Waals surface area contributed by atoms with Crippen LogP contribution in [-0.2, 0) is 13.1 Å². The van der Waals surface area contributed by atoms with E-state index in [1.165, 1.54) is 0 Å². The molecule has 0 spiro atoms. The van der Waals surface area contributed by atoms with Gasteiger partial charge in [0.15, 0.2) is 5.65 Å². The monoisotopic (exact) mass is 360 g/mol. The molecule has 5 rings (SSSR count). The van der Waals surface area contributed by atoms with Gasteiger partial charge in [-0.15, -0.1) is 0 Å². The number of rotatable bonds is 3. The number of hydrogen-bond acceptors (Lipinski definition) is 4. The van der Waals surface area contributed by atoms with E-state index >= 15 is 0 Å². The maximum atomic E-state index is 13.1. The summed E-state index contributed by atoms with van der Waals surface area (Å²) in [5.41, 5.74) is 3.35. The quantitative estimate of drug-likeness (QED) is 0.563. The normalized spacial score (nSPS) is 13.8. The Labute approximate surface area is 156 Å². The molecule has 0 saturated carbocycles. The molecule has 4 heterocycles. The molecule has 1 aliphatic rings. The number of fused-ring (bicyclic) bond motifs is 4. The highest BCUT2D eigenvalue weighted by molar-refractivity contribution is 6.07. The van der Waals surface area contributed by atoms with Crippen LogP contribution in [0, 0.1) is 5.92 Å². The van der Waals surface area contributed by atoms with E-state index in [0.29, 0.717) is 24.0 Å². The Morgan fingerprint density at radius 1 is 1.19 bits per heavy atom. The van der Waals surface area contributed by atoms with Crippen LogP contribution in [0.1, 0.15) is 24.2 Å². The van der Waals surface area contributed by atoms with Crippen LogP contribution in [0.2, 0.25) is 0 Å². The number of benzene rings is 1. The number of imidazole rings is 1. The number of nitrogens with zero attached hydrogens (tertiary/aromatic N) is 6. The maximum absolute atomic E-state index is 13.1. The lowest BCUT2D eigenvalue weighted by Gasteiger charge is -2.13. The van der Waals surface area contributed by atoms with Gasteiger partial charge in [0, 0.05) is 31.2 Å². The van der Waals surface area contributed by atoms with Crippen LogP contribution in [0.3, 0.4) is 0 Å². The molecule has 136 valence electrons. The fourth-order valence-electron chi connectivity index (χ4n) is 3.71. The Morgan fingerprint density at radius 2 is 2.04 bits per heavy atom. The van der Waals surface area contributed by atoms with Crippen molar-refractivity contribution in [3.8, 4) is 0 Å². The van der Waals surface area contributed by atoms with Gasteiger partial charge >= 0.3 is 0 Å². The van der Waals surface area contributed by atoms with Crippen molar-refractivity contribution in [2.45, 2.75) is 26.9 Å². The third kappa shape index (κ3) is 2.50. The third-order valence-corrected chi connectivity index (χ3v) is 4.93. The molecule has 1 amide bonds. The lowest BCUT2D eigenvalue weighted by molar-refractivity contribution is 0.0988. The number of carbonyl (C=O) groups is 1. The van der Waals surface area contributed by atoms with Gasteiger partial charge in [-0.25, -0.2) is 14.6 Å². The van der Waals surface area contributed by atoms with E-state index in [0.717, 1.165) is 35.2 Å². The van der Waals surface area contributed by atoms with Crippen molar-refractivity contribution in [3.05, 3.63) is 48.3 Å². The predicted octanol–water partition coefficient (Wildman–Crippen LogP) is 3.10. The highest BCUT2D eigenvalue weighted by Crippen LogP contribution is 2.28. The summed E-state index contributed by atoms with van der Waals surface area (Å²) in [5.74, 6) is 1.11. The van der Waals surface area contributed by atoms with Crippen LogP contribution in [0.15, 0.2) is 42.7 Å². The summed E-state index contributed by atoms with van der Waals surface area (Å²) in [4.78, 5) is 24.0. The van der Waals surface area contributed by atoms with E-state index in [9.17, 15) is 4.79 Å². The van der Waals surface area contributed by atoms with Crippen molar-refractivity contribution in [1.29, 1.82) is 0 Å². The lowest BCUT2D eigenvalue weighted by Crippen LogP contribution is -2.29. The van der Waals surface area contributed by atoms with Gasteiger partial charge in [0.1, 0.15) is 0 Å². The van der Waals surface area contributed by atoms with Gasteiger partial charge in [-0.1, -0.05) is 26.0 Å². The van der Waals surface area contributed by atoms with Crippen molar-refractivity contribution in [1.82, 2.24) is 24.3 Å². The van der Waals surface area contributed by atoms with E-state index in [-0.39, 0.29) is 5.91 Å². The summed E-state index contributed by atoms with van der Waals surface area (Å²) in [5, 5.41) is 5.29. The molecule has 0 radical (unpaired) electrons. The van der Waals surface area contributed by atoms with Gasteiger partial charge in [-0.05, 0) is 24.1 Å². The zero-order valence-corrected chi connectivity index (χ0v) is 15.3. The number of anilines is 1. The van der Waals surface area contributed by atoms with Gasteiger partial charge in [0.25, 0.3) is 5.91 Å². The van der Waals surface area contributed by atoms with Gasteiger partial charge in [-0.2, -0.15) is 5.10 Å². The zero-order chi connectivity index (χ0) is 18.5. The average molecular weight is 360 g/mol. The zero-order valence-electron chi connectivity index (χ0n) is 15.3. The molecule has 0 unspecified atom stereocenters. The Hall–Kier alpha value is -3.22. The molecule has 0 saturated heterocycles. The van der Waals surface area contributed by atoms with Crippen LogP contribution >= 0.6 is 0 Å². The van der Waals surface area contributed by atoms with Gasteiger partial charge in [0.05, 0.1) is 22.8 Å². The van der Waals surface area contributed by atoms with Crippen LogP contribution in [0.25, 0.3) is 22.1 Å². The first-order valence-corrected chi connectivity index (χ1v) is 9.20. The Kier molecular flexibility index (Phi) is 3.50. The molecule has 0 atom stereocenters. The second kappa shape index (κ2) is 5.90. The van der Waals surface area contributed by atoms with Crippen LogP contribution in [0.5, 0.6) is 0 Å². The molecule has 1 aliphatic heterocycles. The SMILES string of the molecule is CC(C)Cn1ncc2cc(C(=O)N3CCn4c3nc3ccccc34)cnc21. The van der Waals surface area contributed by atoms with Crippen molar-refractivity contribution < 1.29 is 4.79 Å². The standard InChI is InChI=1S/C20H20N6O/c1-13(2)12-26-18-14(11-22-26)9-15(10-21-18)19(27)25-8-7-24-17-6-4-3-5-16(17)23-20(24)25/h3-6,9-11,13H,7-8,12H2,1-2H3. The molecule has 7 nitrogen and oxygen atoms in total. The van der Waals surface area contributed by atoms with Crippen molar-refractivity contribution in [3.63, 3.8) is 0 Å². The molecule has 27 heavy (non-hydrogen) atoms. The minimum absolute atomic E-state index is 0.0740. The molecule has 0 aliphatic carbocycles. The molecule has 1 aromatic carbocycles. The molecule has 0 fully saturated rings. The Balaban J connectivity index is 1.50. The minimum Gasteiger partial charge on any atom is -0.308 e. The predicted molar refractivity (Wildman–Crippen MR) is 104 cm³/mol. The van der Waals surface area contributed by atoms with E-state index in [2.05, 4.69) is 33.5 Å². The van der Waals surface area contributed by atoms with Crippen molar-refractivity contribution >= 4 is 33.9 Å². The van der Waals surface area contributed by atoms with Crippen LogP contribution in [0.4, 0.5) is 5.95 Å². The topological polar surface area (TPSA) is 68.8 Å². The third-order valence-electron chi connectivity index (χ3n) is 4.93. The summed E-state index contributed by atoms with van der Waals surface area (Å²) in [7, 11) is 0. The number of hydrogen-bond donors (Lipinski definition) is 0. The van der Waals surface area contributed by atoms with Crippen LogP contribution < -0.4 is 4.90 Å². The summed E-state index contributed by atoms with van der Waals surface area (Å²) >= 11 is 0. The fraction of sp³-hybridized carbons (Fsp3) is 0.300. The molecular formula is C20H20N6O. The molecule has 0 N–H and O–H groups in total.